The van der Waals surface area contributed by atoms with Crippen molar-refractivity contribution in [1.29, 1.82) is 5.26 Å². The average molecular weight is 210 g/mol. The Morgan fingerprint density at radius 3 is 2.20 bits per heavy atom. The summed E-state index contributed by atoms with van der Waals surface area (Å²) in [6.45, 7) is -0.0272. The molecule has 1 aliphatic carbocycles. The van der Waals surface area contributed by atoms with Crippen molar-refractivity contribution in [1.82, 2.24) is 0 Å². The van der Waals surface area contributed by atoms with Crippen LogP contribution in [0.2, 0.25) is 0 Å². The minimum absolute atomic E-state index is 0.0272. The third-order valence-electron chi connectivity index (χ3n) is 3.33. The second kappa shape index (κ2) is 5.69. The van der Waals surface area contributed by atoms with E-state index in [9.17, 15) is 10.1 Å². The maximum absolute atomic E-state index is 10.6. The van der Waals surface area contributed by atoms with Crippen molar-refractivity contribution in [2.75, 3.05) is 6.54 Å². The summed E-state index contributed by atoms with van der Waals surface area (Å²) in [4.78, 5) is 10.4. The van der Waals surface area contributed by atoms with Crippen LogP contribution in [0.1, 0.15) is 51.4 Å². The normalized spacial score (nSPS) is 21.0. The van der Waals surface area contributed by atoms with Crippen molar-refractivity contribution in [2.45, 2.75) is 51.4 Å². The Hall–Kier alpha value is -1.11. The van der Waals surface area contributed by atoms with E-state index >= 15 is 0 Å². The van der Waals surface area contributed by atoms with E-state index in [0.29, 0.717) is 6.42 Å². The molecule has 0 aromatic carbocycles. The molecule has 4 nitrogen and oxygen atoms in total. The van der Waals surface area contributed by atoms with E-state index in [1.807, 2.05) is 0 Å². The van der Waals surface area contributed by atoms with E-state index in [2.05, 4.69) is 6.07 Å². The van der Waals surface area contributed by atoms with Gasteiger partial charge in [-0.1, -0.05) is 32.1 Å². The van der Waals surface area contributed by atoms with Gasteiger partial charge in [0.1, 0.15) is 0 Å². The fraction of sp³-hybridized carbons (Fsp3) is 0.909. The summed E-state index contributed by atoms with van der Waals surface area (Å²) in [6.07, 6.45) is 7.67. The largest absolute Gasteiger partial charge is 0.265 e. The molecule has 0 N–H and O–H groups in total. The Morgan fingerprint density at radius 2 is 1.73 bits per heavy atom. The fourth-order valence-corrected chi connectivity index (χ4v) is 2.49. The van der Waals surface area contributed by atoms with E-state index in [0.717, 1.165) is 38.5 Å². The quantitative estimate of drug-likeness (QED) is 0.531. The van der Waals surface area contributed by atoms with Gasteiger partial charge in [0.05, 0.1) is 6.07 Å². The highest BCUT2D eigenvalue weighted by Gasteiger charge is 2.35. The third kappa shape index (κ3) is 3.86. The highest BCUT2D eigenvalue weighted by molar-refractivity contribution is 4.89. The van der Waals surface area contributed by atoms with Crippen molar-refractivity contribution < 1.29 is 4.92 Å². The molecule has 1 rings (SSSR count). The zero-order chi connectivity index (χ0) is 11.1. The van der Waals surface area contributed by atoms with Gasteiger partial charge in [-0.3, -0.25) is 10.1 Å². The molecule has 4 heteroatoms. The summed E-state index contributed by atoms with van der Waals surface area (Å²) in [6, 6.07) is 2.13. The lowest BCUT2D eigenvalue weighted by atomic mass is 9.74. The van der Waals surface area contributed by atoms with Crippen LogP contribution in [0.5, 0.6) is 0 Å². The van der Waals surface area contributed by atoms with E-state index in [4.69, 9.17) is 5.26 Å². The number of nitrogens with zero attached hydrogens (tertiary/aromatic N) is 2. The summed E-state index contributed by atoms with van der Waals surface area (Å²) in [5, 5.41) is 19.4. The van der Waals surface area contributed by atoms with Gasteiger partial charge in [-0.15, -0.1) is 0 Å². The van der Waals surface area contributed by atoms with Gasteiger partial charge in [-0.25, -0.2) is 0 Å². The van der Waals surface area contributed by atoms with E-state index in [1.54, 1.807) is 0 Å². The molecule has 0 aromatic rings. The number of rotatable bonds is 3. The Balaban J connectivity index is 2.66. The zero-order valence-corrected chi connectivity index (χ0v) is 9.07. The van der Waals surface area contributed by atoms with Crippen LogP contribution in [-0.4, -0.2) is 11.5 Å². The molecule has 0 spiro atoms. The first-order chi connectivity index (χ1) is 7.18. The Labute approximate surface area is 90.4 Å². The maximum atomic E-state index is 10.6. The van der Waals surface area contributed by atoms with Crippen molar-refractivity contribution in [3.05, 3.63) is 10.1 Å². The van der Waals surface area contributed by atoms with Gasteiger partial charge in [0.15, 0.2) is 0 Å². The van der Waals surface area contributed by atoms with Crippen molar-refractivity contribution in [3.8, 4) is 6.07 Å². The molecule has 0 atom stereocenters. The molecular formula is C11H18N2O2. The minimum Gasteiger partial charge on any atom is -0.265 e. The molecule has 84 valence electrons. The average Bonchev–Trinajstić information content (AvgIpc) is 2.11. The van der Waals surface area contributed by atoms with Crippen LogP contribution in [0.25, 0.3) is 0 Å². The van der Waals surface area contributed by atoms with Crippen LogP contribution >= 0.6 is 0 Å². The Kier molecular flexibility index (Phi) is 4.54. The summed E-state index contributed by atoms with van der Waals surface area (Å²) < 4.78 is 0. The summed E-state index contributed by atoms with van der Waals surface area (Å²) in [5.41, 5.74) is -0.335. The van der Waals surface area contributed by atoms with Crippen molar-refractivity contribution >= 4 is 0 Å². The monoisotopic (exact) mass is 210 g/mol. The molecule has 0 aromatic heterocycles. The number of nitro groups is 1. The maximum Gasteiger partial charge on any atom is 0.210 e. The first kappa shape index (κ1) is 12.0. The highest BCUT2D eigenvalue weighted by atomic mass is 16.6. The van der Waals surface area contributed by atoms with Gasteiger partial charge in [-0.05, 0) is 12.8 Å². The Morgan fingerprint density at radius 1 is 1.20 bits per heavy atom. The van der Waals surface area contributed by atoms with Crippen LogP contribution in [0.15, 0.2) is 0 Å². The molecule has 15 heavy (non-hydrogen) atoms. The molecule has 1 fully saturated rings. The standard InChI is InChI=1S/C11H18N2O2/c12-9-8-11(10-13(14)15)6-4-2-1-3-5-7-11/h1-8,10H2. The van der Waals surface area contributed by atoms with E-state index in [1.165, 1.54) is 6.42 Å². The smallest absolute Gasteiger partial charge is 0.210 e. The molecule has 1 saturated carbocycles. The SMILES string of the molecule is N#CCC1(C[N+](=O)[O-])CCCCCCC1. The predicted molar refractivity (Wildman–Crippen MR) is 56.8 cm³/mol. The van der Waals surface area contributed by atoms with Crippen LogP contribution in [0.4, 0.5) is 0 Å². The topological polar surface area (TPSA) is 66.9 Å². The number of hydrogen-bond acceptors (Lipinski definition) is 3. The molecule has 0 amide bonds. The highest BCUT2D eigenvalue weighted by Crippen LogP contribution is 2.37. The van der Waals surface area contributed by atoms with Crippen LogP contribution < -0.4 is 0 Å². The molecule has 0 heterocycles. The van der Waals surface area contributed by atoms with Gasteiger partial charge in [0.2, 0.25) is 6.54 Å². The van der Waals surface area contributed by atoms with Gasteiger partial charge in [0.25, 0.3) is 0 Å². The van der Waals surface area contributed by atoms with Gasteiger partial charge in [0, 0.05) is 16.8 Å². The second-order valence-corrected chi connectivity index (χ2v) is 4.59. The van der Waals surface area contributed by atoms with Gasteiger partial charge < -0.3 is 0 Å². The Bertz CT molecular complexity index is 250. The fourth-order valence-electron chi connectivity index (χ4n) is 2.49. The molecule has 0 aliphatic heterocycles. The van der Waals surface area contributed by atoms with Gasteiger partial charge in [-0.2, -0.15) is 5.26 Å². The minimum atomic E-state index is -0.335. The van der Waals surface area contributed by atoms with Crippen LogP contribution in [0, 0.1) is 26.9 Å². The first-order valence-corrected chi connectivity index (χ1v) is 5.67. The van der Waals surface area contributed by atoms with E-state index in [-0.39, 0.29) is 16.9 Å². The molecule has 0 bridgehead atoms. The van der Waals surface area contributed by atoms with Crippen LogP contribution in [0.3, 0.4) is 0 Å². The molecule has 0 unspecified atom stereocenters. The summed E-state index contributed by atoms with van der Waals surface area (Å²) >= 11 is 0. The lowest BCUT2D eigenvalue weighted by molar-refractivity contribution is -0.498. The summed E-state index contributed by atoms with van der Waals surface area (Å²) in [7, 11) is 0. The predicted octanol–water partition coefficient (Wildman–Crippen LogP) is 2.91. The molecule has 0 saturated heterocycles. The lowest BCUT2D eigenvalue weighted by Gasteiger charge is -2.29. The van der Waals surface area contributed by atoms with Crippen molar-refractivity contribution in [2.24, 2.45) is 5.41 Å². The van der Waals surface area contributed by atoms with Gasteiger partial charge >= 0.3 is 0 Å². The molecule has 1 aliphatic rings. The zero-order valence-electron chi connectivity index (χ0n) is 9.07. The third-order valence-corrected chi connectivity index (χ3v) is 3.33. The second-order valence-electron chi connectivity index (χ2n) is 4.59. The lowest BCUT2D eigenvalue weighted by Crippen LogP contribution is -2.30. The van der Waals surface area contributed by atoms with Crippen molar-refractivity contribution in [3.63, 3.8) is 0 Å². The summed E-state index contributed by atoms with van der Waals surface area (Å²) in [5.74, 6) is 0. The molecule has 0 radical (unpaired) electrons. The number of hydrogen-bond donors (Lipinski definition) is 0. The molecular weight excluding hydrogens is 192 g/mol. The van der Waals surface area contributed by atoms with E-state index < -0.39 is 0 Å². The number of nitriles is 1. The van der Waals surface area contributed by atoms with Crippen LogP contribution in [-0.2, 0) is 0 Å². The first-order valence-electron chi connectivity index (χ1n) is 5.67.